The second-order valence-electron chi connectivity index (χ2n) is 28.1. The number of likely N-dealkylation sites (N-methyl/N-ethyl adjacent to an activating group) is 1. The molecule has 0 aliphatic carbocycles. The number of carboxylic acid groups (broad SMARTS) is 5. The molecule has 26 N–H and O–H groups in total. The summed E-state index contributed by atoms with van der Waals surface area (Å²) in [5, 5.41) is 96.5. The van der Waals surface area contributed by atoms with E-state index in [-0.39, 0.29) is 38.6 Å². The van der Waals surface area contributed by atoms with Crippen molar-refractivity contribution in [2.24, 2.45) is 29.0 Å². The molecule has 0 radical (unpaired) electrons. The van der Waals surface area contributed by atoms with Gasteiger partial charge in [0.2, 0.25) is 88.6 Å². The van der Waals surface area contributed by atoms with Gasteiger partial charge in [0, 0.05) is 49.8 Å². The van der Waals surface area contributed by atoms with Crippen LogP contribution in [0, 0.1) is 11.8 Å². The summed E-state index contributed by atoms with van der Waals surface area (Å²) in [6, 6.07) is -13.6. The minimum absolute atomic E-state index is 0.0188. The quantitative estimate of drug-likeness (QED) is 0.0274. The van der Waals surface area contributed by atoms with E-state index in [1.54, 1.807) is 37.4 Å². The first kappa shape index (κ1) is 100. The largest absolute Gasteiger partial charge is 0.481 e. The van der Waals surface area contributed by atoms with Crippen LogP contribution in [-0.4, -0.2) is 269 Å². The summed E-state index contributed by atoms with van der Waals surface area (Å²) in [4.78, 5) is 266. The summed E-state index contributed by atoms with van der Waals surface area (Å²) >= 11 is 0. The standard InChI is InChI=1S/C72H111N17O27/c1-8-35(3)18-12-10-11-13-22-51(93)79-45(28-39-32-76-41-20-15-14-19-40(39)41)65(107)82-43(23-25-54(96)97)62(104)85-47(30-50(75)92)68(110)87-58(38(6)90)70(112)89(7)34-53(95)78-37(5)61(103)84-48(31-56(100)101)67(109)81-42(21-16-17-27-73)63(105)88-59(60(102)72(115)116)69(111)77-33-52(94)80-46(29-49(74)91)66(108)83-44(24-26-55(98)99)64(106)86-57(71(113)114)36(4)9-2/h14-15,19-20,32,35-38,42-48,57-60,76,90,102H,8-13,16-18,21-31,33-34,73H2,1-7H3,(H2,74,91)(H2,75,92)(H,77,111)(H,78,95)(H,79,93)(H,80,94)(H,81,109)(H,82,107)(H,83,108)(H,84,103)(H,85,104)(H,86,106)(H,87,110)(H,88,105)(H,96,97)(H,98,99)(H,100,101)(H,113,114)(H,115,116)/t35?,36-,37-,38+,42+,43+,44-,45-,46+,47-,48-,57-,58-,59-,60?/m0/s1. The van der Waals surface area contributed by atoms with Crippen molar-refractivity contribution in [2.75, 3.05) is 26.7 Å². The third-order valence-electron chi connectivity index (χ3n) is 18.5. The minimum atomic E-state index is -2.85. The number of carboxylic acids is 5. The van der Waals surface area contributed by atoms with Crippen LogP contribution in [0.1, 0.15) is 163 Å². The number of benzene rings is 1. The Morgan fingerprint density at radius 2 is 0.914 bits per heavy atom. The predicted molar refractivity (Wildman–Crippen MR) is 406 cm³/mol. The number of aliphatic carboxylic acids is 5. The van der Waals surface area contributed by atoms with Crippen LogP contribution in [0.4, 0.5) is 0 Å². The zero-order valence-corrected chi connectivity index (χ0v) is 65.6. The fourth-order valence-corrected chi connectivity index (χ4v) is 11.4. The molecule has 0 spiro atoms. The van der Waals surface area contributed by atoms with Crippen LogP contribution in [0.15, 0.2) is 30.5 Å². The van der Waals surface area contributed by atoms with Crippen LogP contribution < -0.4 is 81.0 Å². The molecule has 1 heterocycles. The number of H-pyrrole nitrogens is 1. The van der Waals surface area contributed by atoms with Gasteiger partial charge in [0.15, 0.2) is 6.10 Å². The number of hydrogen-bond donors (Lipinski definition) is 23. The lowest BCUT2D eigenvalue weighted by atomic mass is 9.98. The van der Waals surface area contributed by atoms with Gasteiger partial charge in [-0.3, -0.25) is 86.3 Å². The summed E-state index contributed by atoms with van der Waals surface area (Å²) in [6.45, 7) is 7.14. The molecule has 0 aliphatic heterocycles. The molecule has 0 saturated heterocycles. The van der Waals surface area contributed by atoms with Crippen molar-refractivity contribution in [1.82, 2.24) is 73.7 Å². The third-order valence-corrected chi connectivity index (χ3v) is 18.5. The third kappa shape index (κ3) is 36.5. The monoisotopic (exact) mass is 1650 g/mol. The summed E-state index contributed by atoms with van der Waals surface area (Å²) < 4.78 is 0. The average Bonchev–Trinajstić information content (AvgIpc) is 1.17. The van der Waals surface area contributed by atoms with E-state index >= 15 is 0 Å². The molecule has 15 atom stereocenters. The summed E-state index contributed by atoms with van der Waals surface area (Å²) in [5.74, 6) is -26.9. The van der Waals surface area contributed by atoms with Gasteiger partial charge < -0.3 is 127 Å². The number of nitrogens with zero attached hydrogens (tertiary/aromatic N) is 1. The Balaban J connectivity index is 2.31. The number of aromatic amines is 1. The molecule has 1 aromatic heterocycles. The molecule has 0 fully saturated rings. The Morgan fingerprint density at radius 3 is 1.43 bits per heavy atom. The van der Waals surface area contributed by atoms with Crippen molar-refractivity contribution in [3.63, 3.8) is 0 Å². The molecule has 0 bridgehead atoms. The predicted octanol–water partition coefficient (Wildman–Crippen LogP) is -5.93. The highest BCUT2D eigenvalue weighted by Crippen LogP contribution is 2.21. The number of rotatable bonds is 57. The van der Waals surface area contributed by atoms with E-state index in [0.717, 1.165) is 53.0 Å². The van der Waals surface area contributed by atoms with Gasteiger partial charge in [0.25, 0.3) is 0 Å². The number of aromatic nitrogens is 1. The molecule has 15 amide bonds. The van der Waals surface area contributed by atoms with Gasteiger partial charge >= 0.3 is 29.8 Å². The Hall–Kier alpha value is -12.0. The molecule has 116 heavy (non-hydrogen) atoms. The Morgan fingerprint density at radius 1 is 0.448 bits per heavy atom. The highest BCUT2D eigenvalue weighted by Gasteiger charge is 2.40. The number of nitrogens with two attached hydrogens (primary N) is 3. The summed E-state index contributed by atoms with van der Waals surface area (Å²) in [5.41, 5.74) is 17.7. The first-order valence-electron chi connectivity index (χ1n) is 37.6. The normalized spacial score (nSPS) is 14.9. The number of primary amides is 2. The smallest absolute Gasteiger partial charge is 0.335 e. The van der Waals surface area contributed by atoms with Crippen LogP contribution in [-0.2, 0) is 102 Å². The van der Waals surface area contributed by atoms with Crippen LogP contribution >= 0.6 is 0 Å². The van der Waals surface area contributed by atoms with Gasteiger partial charge in [-0.05, 0) is 82.4 Å². The van der Waals surface area contributed by atoms with Crippen molar-refractivity contribution in [3.05, 3.63) is 36.0 Å². The van der Waals surface area contributed by atoms with Gasteiger partial charge in [-0.2, -0.15) is 0 Å². The highest BCUT2D eigenvalue weighted by atomic mass is 16.4. The Labute approximate surface area is 666 Å². The summed E-state index contributed by atoms with van der Waals surface area (Å²) in [6.07, 6.45) is -4.02. The van der Waals surface area contributed by atoms with Gasteiger partial charge in [-0.25, -0.2) is 9.59 Å². The first-order valence-corrected chi connectivity index (χ1v) is 37.6. The average molecular weight is 1650 g/mol. The van der Waals surface area contributed by atoms with E-state index in [9.17, 15) is 132 Å². The topological polar surface area (TPSA) is 724 Å². The number of unbranched alkanes of at least 4 members (excludes halogenated alkanes) is 4. The Bertz CT molecular complexity index is 3800. The van der Waals surface area contributed by atoms with Crippen molar-refractivity contribution in [3.8, 4) is 0 Å². The second kappa shape index (κ2) is 51.0. The maximum absolute atomic E-state index is 14.3. The van der Waals surface area contributed by atoms with E-state index in [1.807, 2.05) is 16.0 Å². The molecule has 0 aliphatic rings. The molecule has 2 unspecified atom stereocenters. The molecule has 0 saturated carbocycles. The van der Waals surface area contributed by atoms with E-state index in [0.29, 0.717) is 33.7 Å². The number of para-hydroxylation sites is 1. The molecule has 44 heteroatoms. The minimum Gasteiger partial charge on any atom is -0.481 e. The number of fused-ring (bicyclic) bond motifs is 1. The molecular weight excluding hydrogens is 1530 g/mol. The summed E-state index contributed by atoms with van der Waals surface area (Å²) in [7, 11) is 0.991. The molecule has 646 valence electrons. The number of nitrogens with one attached hydrogen (secondary N) is 13. The zero-order valence-electron chi connectivity index (χ0n) is 65.6. The molecular formula is C72H111N17O27. The van der Waals surface area contributed by atoms with Crippen LogP contribution in [0.3, 0.4) is 0 Å². The maximum Gasteiger partial charge on any atom is 0.335 e. The molecule has 2 rings (SSSR count). The zero-order chi connectivity index (χ0) is 87.8. The van der Waals surface area contributed by atoms with Gasteiger partial charge in [0.05, 0.1) is 38.5 Å². The Kier molecular flexibility index (Phi) is 44.0. The maximum atomic E-state index is 14.3. The van der Waals surface area contributed by atoms with E-state index in [1.165, 1.54) is 6.92 Å². The van der Waals surface area contributed by atoms with Crippen LogP contribution in [0.5, 0.6) is 0 Å². The van der Waals surface area contributed by atoms with Crippen molar-refractivity contribution < 1.29 is 132 Å². The number of aliphatic hydroxyl groups is 2. The first-order chi connectivity index (χ1) is 54.4. The molecule has 44 nitrogen and oxygen atoms in total. The van der Waals surface area contributed by atoms with E-state index < -0.39 is 267 Å². The van der Waals surface area contributed by atoms with Crippen molar-refractivity contribution >= 4 is 129 Å². The van der Waals surface area contributed by atoms with Crippen LogP contribution in [0.25, 0.3) is 10.9 Å². The number of carbonyl (C=O) groups is 20. The highest BCUT2D eigenvalue weighted by molar-refractivity contribution is 6.02. The van der Waals surface area contributed by atoms with Crippen molar-refractivity contribution in [1.29, 1.82) is 0 Å². The number of carbonyl (C=O) groups excluding carboxylic acids is 15. The fraction of sp³-hybridized carbons (Fsp3) is 0.611. The number of aliphatic hydroxyl groups excluding tert-OH is 2. The van der Waals surface area contributed by atoms with Crippen LogP contribution in [0.2, 0.25) is 0 Å². The van der Waals surface area contributed by atoms with Crippen molar-refractivity contribution in [2.45, 2.75) is 242 Å². The fourth-order valence-electron chi connectivity index (χ4n) is 11.4. The van der Waals surface area contributed by atoms with Gasteiger partial charge in [-0.1, -0.05) is 84.4 Å². The molecule has 1 aromatic carbocycles. The molecule has 2 aromatic rings. The number of amides is 15. The van der Waals surface area contributed by atoms with E-state index in [4.69, 9.17) is 17.2 Å². The van der Waals surface area contributed by atoms with Gasteiger partial charge in [-0.15, -0.1) is 0 Å². The lowest BCUT2D eigenvalue weighted by Crippen LogP contribution is -2.61. The SMILES string of the molecule is CCC(C)CCCCCCC(=O)N[C@@H](Cc1c[nH]c2ccccc12)C(=O)N[C@H](CCC(=O)O)C(=O)N[C@@H](CC(N)=O)C(=O)N[C@H](C(=O)N(C)CC(=O)N[C@@H](C)C(=O)N[C@@H](CC(=O)O)C(=O)N[C@H](CCCCN)C(=O)N[C@H](C(=O)NCC(=O)N[C@H](CC(N)=O)C(=O)N[C@@H](CCC(=O)O)C(=O)N[C@H](C(=O)O)[C@@H](C)CC)C(O)C(=O)O)[C@@H](C)O. The van der Waals surface area contributed by atoms with Gasteiger partial charge in [0.1, 0.15) is 66.5 Å². The van der Waals surface area contributed by atoms with E-state index in [2.05, 4.69) is 66.7 Å². The second-order valence-corrected chi connectivity index (χ2v) is 28.1. The number of hydrogen-bond acceptors (Lipinski definition) is 23. The lowest BCUT2D eigenvalue weighted by molar-refractivity contribution is -0.152. The lowest BCUT2D eigenvalue weighted by Gasteiger charge is -2.29.